The Labute approximate surface area is 73.1 Å². The first-order chi connectivity index (χ1) is 5.70. The van der Waals surface area contributed by atoms with Crippen molar-refractivity contribution >= 4 is 5.91 Å². The fraction of sp³-hybridized carbons (Fsp3) is 0.875. The van der Waals surface area contributed by atoms with E-state index in [4.69, 9.17) is 5.73 Å². The molecule has 4 nitrogen and oxygen atoms in total. The van der Waals surface area contributed by atoms with Crippen LogP contribution in [-0.4, -0.2) is 30.0 Å². The lowest BCUT2D eigenvalue weighted by Gasteiger charge is -2.27. The Bertz CT molecular complexity index is 152. The molecule has 1 saturated heterocycles. The Balaban J connectivity index is 2.24. The van der Waals surface area contributed by atoms with E-state index in [0.717, 1.165) is 13.1 Å². The van der Waals surface area contributed by atoms with E-state index >= 15 is 0 Å². The highest BCUT2D eigenvalue weighted by Crippen LogP contribution is 2.05. The van der Waals surface area contributed by atoms with Crippen LogP contribution >= 0.6 is 0 Å². The number of nitrogens with zero attached hydrogens (tertiary/aromatic N) is 1. The Hall–Kier alpha value is -0.610. The predicted octanol–water partition coefficient (Wildman–Crippen LogP) is -0.149. The summed E-state index contributed by atoms with van der Waals surface area (Å²) in [7, 11) is 0. The van der Waals surface area contributed by atoms with Gasteiger partial charge >= 0.3 is 0 Å². The van der Waals surface area contributed by atoms with Gasteiger partial charge in [0.25, 0.3) is 5.91 Å². The number of hydrazine groups is 1. The van der Waals surface area contributed by atoms with E-state index in [-0.39, 0.29) is 5.91 Å². The molecule has 1 heterocycles. The minimum atomic E-state index is -0.410. The highest BCUT2D eigenvalue weighted by Gasteiger charge is 2.14. The minimum Gasteiger partial charge on any atom is -0.320 e. The summed E-state index contributed by atoms with van der Waals surface area (Å²) in [6, 6.07) is -0.410. The minimum absolute atomic E-state index is 0.0862. The highest BCUT2D eigenvalue weighted by atomic mass is 16.2. The molecule has 0 aromatic heterocycles. The summed E-state index contributed by atoms with van der Waals surface area (Å²) in [6.07, 6.45) is 3.60. The van der Waals surface area contributed by atoms with Crippen molar-refractivity contribution in [1.29, 1.82) is 0 Å². The van der Waals surface area contributed by atoms with Crippen molar-refractivity contribution in [1.82, 2.24) is 10.4 Å². The van der Waals surface area contributed by atoms with Crippen LogP contribution in [-0.2, 0) is 4.79 Å². The molecule has 1 amide bonds. The number of carbonyl (C=O) groups excluding carboxylic acids is 1. The van der Waals surface area contributed by atoms with Gasteiger partial charge in [-0.2, -0.15) is 0 Å². The zero-order valence-corrected chi connectivity index (χ0v) is 7.55. The molecule has 0 aromatic rings. The topological polar surface area (TPSA) is 58.4 Å². The van der Waals surface area contributed by atoms with Crippen molar-refractivity contribution in [3.63, 3.8) is 0 Å². The van der Waals surface area contributed by atoms with Gasteiger partial charge in [-0.05, 0) is 19.8 Å². The molecule has 0 saturated carbocycles. The molecule has 4 heteroatoms. The lowest BCUT2D eigenvalue weighted by Crippen LogP contribution is -2.50. The van der Waals surface area contributed by atoms with Crippen LogP contribution in [0.2, 0.25) is 0 Å². The Kier molecular flexibility index (Phi) is 3.49. The number of nitrogens with one attached hydrogen (secondary N) is 1. The van der Waals surface area contributed by atoms with Crippen molar-refractivity contribution in [3.8, 4) is 0 Å². The van der Waals surface area contributed by atoms with E-state index in [1.165, 1.54) is 19.3 Å². The van der Waals surface area contributed by atoms with Crippen molar-refractivity contribution in [3.05, 3.63) is 0 Å². The summed E-state index contributed by atoms with van der Waals surface area (Å²) in [5, 5.41) is 1.95. The van der Waals surface area contributed by atoms with Gasteiger partial charge < -0.3 is 5.73 Å². The quantitative estimate of drug-likeness (QED) is 0.607. The third-order valence-corrected chi connectivity index (χ3v) is 2.04. The van der Waals surface area contributed by atoms with Crippen molar-refractivity contribution in [2.45, 2.75) is 32.2 Å². The number of piperidine rings is 1. The molecule has 0 unspecified atom stereocenters. The molecule has 1 fully saturated rings. The van der Waals surface area contributed by atoms with E-state index in [1.54, 1.807) is 6.92 Å². The third kappa shape index (κ3) is 2.79. The number of amides is 1. The summed E-state index contributed by atoms with van der Waals surface area (Å²) in [5.74, 6) is -0.0862. The molecular weight excluding hydrogens is 154 g/mol. The molecule has 3 N–H and O–H groups in total. The first-order valence-electron chi connectivity index (χ1n) is 4.51. The monoisotopic (exact) mass is 171 g/mol. The second-order valence-electron chi connectivity index (χ2n) is 3.31. The Morgan fingerprint density at radius 1 is 1.42 bits per heavy atom. The summed E-state index contributed by atoms with van der Waals surface area (Å²) < 4.78 is 0. The van der Waals surface area contributed by atoms with Gasteiger partial charge in [-0.15, -0.1) is 0 Å². The lowest BCUT2D eigenvalue weighted by atomic mass is 10.2. The zero-order chi connectivity index (χ0) is 8.97. The van der Waals surface area contributed by atoms with Crippen molar-refractivity contribution in [2.24, 2.45) is 5.73 Å². The first-order valence-corrected chi connectivity index (χ1v) is 4.51. The van der Waals surface area contributed by atoms with Gasteiger partial charge in [0.2, 0.25) is 0 Å². The number of hydrogen-bond acceptors (Lipinski definition) is 3. The zero-order valence-electron chi connectivity index (χ0n) is 7.55. The summed E-state index contributed by atoms with van der Waals surface area (Å²) in [6.45, 7) is 3.61. The van der Waals surface area contributed by atoms with Crippen LogP contribution < -0.4 is 11.2 Å². The van der Waals surface area contributed by atoms with Gasteiger partial charge in [-0.3, -0.25) is 10.2 Å². The molecule has 1 aliphatic rings. The predicted molar refractivity (Wildman–Crippen MR) is 47.2 cm³/mol. The van der Waals surface area contributed by atoms with Gasteiger partial charge in [-0.1, -0.05) is 6.42 Å². The second-order valence-corrected chi connectivity index (χ2v) is 3.31. The molecule has 1 atom stereocenters. The molecule has 0 aliphatic carbocycles. The molecule has 0 aromatic carbocycles. The van der Waals surface area contributed by atoms with Crippen molar-refractivity contribution in [2.75, 3.05) is 13.1 Å². The van der Waals surface area contributed by atoms with Crippen LogP contribution in [0.15, 0.2) is 0 Å². The van der Waals surface area contributed by atoms with Gasteiger partial charge in [0.15, 0.2) is 0 Å². The molecule has 1 rings (SSSR count). The number of hydrogen-bond donors (Lipinski definition) is 2. The smallest absolute Gasteiger partial charge is 0.250 e. The van der Waals surface area contributed by atoms with E-state index in [9.17, 15) is 4.79 Å². The van der Waals surface area contributed by atoms with Gasteiger partial charge in [-0.25, -0.2) is 5.01 Å². The maximum absolute atomic E-state index is 11.1. The maximum Gasteiger partial charge on any atom is 0.250 e. The summed E-state index contributed by atoms with van der Waals surface area (Å²) >= 11 is 0. The van der Waals surface area contributed by atoms with Crippen molar-refractivity contribution < 1.29 is 4.79 Å². The summed E-state index contributed by atoms with van der Waals surface area (Å²) in [5.41, 5.74) is 8.20. The van der Waals surface area contributed by atoms with Crippen LogP contribution in [0.4, 0.5) is 0 Å². The van der Waals surface area contributed by atoms with Crippen LogP contribution in [0.5, 0.6) is 0 Å². The Morgan fingerprint density at radius 3 is 2.50 bits per heavy atom. The fourth-order valence-electron chi connectivity index (χ4n) is 1.26. The van der Waals surface area contributed by atoms with Gasteiger partial charge in [0.1, 0.15) is 0 Å². The maximum atomic E-state index is 11.1. The van der Waals surface area contributed by atoms with Gasteiger partial charge in [0, 0.05) is 13.1 Å². The van der Waals surface area contributed by atoms with E-state index in [2.05, 4.69) is 5.43 Å². The van der Waals surface area contributed by atoms with Gasteiger partial charge in [0.05, 0.1) is 6.04 Å². The fourth-order valence-corrected chi connectivity index (χ4v) is 1.26. The molecule has 0 spiro atoms. The van der Waals surface area contributed by atoms with Crippen LogP contribution in [0.1, 0.15) is 26.2 Å². The molecular formula is C8H17N3O. The van der Waals surface area contributed by atoms with Crippen LogP contribution in [0.3, 0.4) is 0 Å². The van der Waals surface area contributed by atoms with E-state index in [0.29, 0.717) is 0 Å². The largest absolute Gasteiger partial charge is 0.320 e. The molecule has 0 bridgehead atoms. The standard InChI is InChI=1S/C8H17N3O/c1-7(9)8(12)10-11-5-3-2-4-6-11/h7H,2-6,9H2,1H3,(H,10,12)/t7-/m0/s1. The van der Waals surface area contributed by atoms with E-state index in [1.807, 2.05) is 5.01 Å². The molecule has 12 heavy (non-hydrogen) atoms. The molecule has 70 valence electrons. The average Bonchev–Trinajstić information content (AvgIpc) is 2.06. The molecule has 0 radical (unpaired) electrons. The second kappa shape index (κ2) is 4.42. The SMILES string of the molecule is C[C@H](N)C(=O)NN1CCCCC1. The average molecular weight is 171 g/mol. The van der Waals surface area contributed by atoms with Crippen LogP contribution in [0.25, 0.3) is 0 Å². The van der Waals surface area contributed by atoms with Crippen LogP contribution in [0, 0.1) is 0 Å². The third-order valence-electron chi connectivity index (χ3n) is 2.04. The van der Waals surface area contributed by atoms with E-state index < -0.39 is 6.04 Å². The summed E-state index contributed by atoms with van der Waals surface area (Å²) in [4.78, 5) is 11.1. The normalized spacial score (nSPS) is 21.8. The highest BCUT2D eigenvalue weighted by molar-refractivity contribution is 5.80. The first kappa shape index (κ1) is 9.48. The Morgan fingerprint density at radius 2 is 2.00 bits per heavy atom. The number of rotatable bonds is 2. The lowest BCUT2D eigenvalue weighted by molar-refractivity contribution is -0.127. The molecule has 1 aliphatic heterocycles. The number of nitrogens with two attached hydrogens (primary N) is 1. The number of carbonyl (C=O) groups is 1.